The molecule has 0 saturated heterocycles. The summed E-state index contributed by atoms with van der Waals surface area (Å²) in [4.78, 5) is 48.8. The maximum Gasteiger partial charge on any atom is 0.330 e. The van der Waals surface area contributed by atoms with Gasteiger partial charge in [-0.2, -0.15) is 0 Å². The van der Waals surface area contributed by atoms with Crippen LogP contribution in [0.5, 0.6) is 0 Å². The molecule has 0 aliphatic heterocycles. The van der Waals surface area contributed by atoms with E-state index < -0.39 is 35.8 Å². The number of allylic oxidation sites excluding steroid dienone is 1. The molecule has 0 radical (unpaired) electrons. The molecule has 1 aliphatic rings. The summed E-state index contributed by atoms with van der Waals surface area (Å²) in [5.41, 5.74) is 0.439. The van der Waals surface area contributed by atoms with E-state index in [4.69, 9.17) is 4.74 Å². The minimum Gasteiger partial charge on any atom is -0.466 e. The zero-order valence-corrected chi connectivity index (χ0v) is 17.8. The first kappa shape index (κ1) is 23.9. The molecule has 0 heterocycles. The molecule has 31 heavy (non-hydrogen) atoms. The van der Waals surface area contributed by atoms with Gasteiger partial charge in [-0.15, -0.1) is 0 Å². The van der Waals surface area contributed by atoms with Gasteiger partial charge in [-0.05, 0) is 37.3 Å². The van der Waals surface area contributed by atoms with E-state index in [1.54, 1.807) is 49.4 Å². The van der Waals surface area contributed by atoms with Crippen molar-refractivity contribution in [2.45, 2.75) is 19.4 Å². The molecular formula is C23H27NO7. The van der Waals surface area contributed by atoms with E-state index in [-0.39, 0.29) is 18.4 Å². The molecule has 1 aliphatic carbocycles. The van der Waals surface area contributed by atoms with Gasteiger partial charge in [-0.3, -0.25) is 9.59 Å². The molecule has 1 N–H and O–H groups in total. The van der Waals surface area contributed by atoms with Gasteiger partial charge in [-0.1, -0.05) is 30.4 Å². The number of benzene rings is 1. The van der Waals surface area contributed by atoms with Crippen LogP contribution in [0.3, 0.4) is 0 Å². The SMILES string of the molecule is CCOC(=O)[C@H]1[C@H](NC(=O)c2ccccc2)[C@@H](/C=C/C(=O)OC)C[C@H]1/C=C/C(=O)OC. The average molecular weight is 429 g/mol. The van der Waals surface area contributed by atoms with Crippen LogP contribution in [0.2, 0.25) is 0 Å². The first-order valence-corrected chi connectivity index (χ1v) is 9.96. The van der Waals surface area contributed by atoms with E-state index in [2.05, 4.69) is 14.8 Å². The molecule has 8 nitrogen and oxygen atoms in total. The summed E-state index contributed by atoms with van der Waals surface area (Å²) in [6, 6.07) is 7.95. The van der Waals surface area contributed by atoms with Gasteiger partial charge in [0.2, 0.25) is 0 Å². The first-order chi connectivity index (χ1) is 14.9. The molecule has 4 atom stereocenters. The van der Waals surface area contributed by atoms with E-state index in [0.29, 0.717) is 12.0 Å². The van der Waals surface area contributed by atoms with Crippen LogP contribution in [0.25, 0.3) is 0 Å². The largest absolute Gasteiger partial charge is 0.466 e. The molecule has 166 valence electrons. The molecule has 2 rings (SSSR count). The quantitative estimate of drug-likeness (QED) is 0.383. The van der Waals surface area contributed by atoms with E-state index in [1.165, 1.54) is 26.4 Å². The Hall–Kier alpha value is -3.42. The molecule has 1 aromatic rings. The second kappa shape index (κ2) is 11.7. The van der Waals surface area contributed by atoms with Crippen molar-refractivity contribution < 1.29 is 33.4 Å². The molecule has 1 amide bonds. The normalized spacial score (nSPS) is 22.9. The molecule has 0 aromatic heterocycles. The second-order valence-electron chi connectivity index (χ2n) is 6.97. The van der Waals surface area contributed by atoms with Crippen molar-refractivity contribution in [3.05, 3.63) is 60.2 Å². The monoisotopic (exact) mass is 429 g/mol. The number of methoxy groups -OCH3 is 2. The number of nitrogens with one attached hydrogen (secondary N) is 1. The summed E-state index contributed by atoms with van der Waals surface area (Å²) in [5.74, 6) is -3.47. The third-order valence-electron chi connectivity index (χ3n) is 5.11. The molecule has 0 spiro atoms. The van der Waals surface area contributed by atoms with Gasteiger partial charge in [0.05, 0.1) is 26.7 Å². The first-order valence-electron chi connectivity index (χ1n) is 9.96. The Balaban J connectivity index is 2.39. The van der Waals surface area contributed by atoms with Crippen LogP contribution in [0.15, 0.2) is 54.6 Å². The van der Waals surface area contributed by atoms with Crippen LogP contribution in [-0.4, -0.2) is 50.7 Å². The Kier molecular flexibility index (Phi) is 8.99. The molecule has 0 unspecified atom stereocenters. The van der Waals surface area contributed by atoms with Crippen molar-refractivity contribution in [1.29, 1.82) is 0 Å². The molecule has 1 aromatic carbocycles. The van der Waals surface area contributed by atoms with Crippen LogP contribution in [0.4, 0.5) is 0 Å². The smallest absolute Gasteiger partial charge is 0.330 e. The lowest BCUT2D eigenvalue weighted by molar-refractivity contribution is -0.149. The number of hydrogen-bond acceptors (Lipinski definition) is 7. The van der Waals surface area contributed by atoms with Crippen molar-refractivity contribution in [1.82, 2.24) is 5.32 Å². The Labute approximate surface area is 181 Å². The van der Waals surface area contributed by atoms with Crippen molar-refractivity contribution in [3.63, 3.8) is 0 Å². The van der Waals surface area contributed by atoms with Gasteiger partial charge in [0.25, 0.3) is 5.91 Å². The number of hydrogen-bond donors (Lipinski definition) is 1. The number of rotatable bonds is 8. The van der Waals surface area contributed by atoms with Crippen molar-refractivity contribution in [2.75, 3.05) is 20.8 Å². The van der Waals surface area contributed by atoms with E-state index in [1.807, 2.05) is 0 Å². The standard InChI is InChI=1S/C23H27NO7/c1-4-31-23(28)20-16(10-12-18(25)29-2)14-17(11-13-19(26)30-3)21(20)24-22(27)15-8-6-5-7-9-15/h5-13,16-17,20-21H,4,14H2,1-3H3,(H,24,27)/b12-10+,13-11+/t16-,17+,20-,21-/m1/s1. The lowest BCUT2D eigenvalue weighted by Gasteiger charge is -2.25. The highest BCUT2D eigenvalue weighted by Gasteiger charge is 2.47. The van der Waals surface area contributed by atoms with Crippen molar-refractivity contribution in [3.8, 4) is 0 Å². The summed E-state index contributed by atoms with van der Waals surface area (Å²) < 4.78 is 14.5. The maximum absolute atomic E-state index is 12.8. The minimum absolute atomic E-state index is 0.171. The van der Waals surface area contributed by atoms with Crippen molar-refractivity contribution >= 4 is 23.8 Å². The molecule has 1 fully saturated rings. The van der Waals surface area contributed by atoms with Gasteiger partial charge < -0.3 is 19.5 Å². The number of carbonyl (C=O) groups excluding carboxylic acids is 4. The third-order valence-corrected chi connectivity index (χ3v) is 5.11. The van der Waals surface area contributed by atoms with Gasteiger partial charge in [0.15, 0.2) is 0 Å². The molecule has 1 saturated carbocycles. The lowest BCUT2D eigenvalue weighted by Crippen LogP contribution is -2.45. The molecule has 8 heteroatoms. The highest BCUT2D eigenvalue weighted by atomic mass is 16.5. The fourth-order valence-corrected chi connectivity index (χ4v) is 3.66. The summed E-state index contributed by atoms with van der Waals surface area (Å²) in [6.45, 7) is 1.86. The fourth-order valence-electron chi connectivity index (χ4n) is 3.66. The molecular weight excluding hydrogens is 402 g/mol. The van der Waals surface area contributed by atoms with Crippen LogP contribution in [-0.2, 0) is 28.6 Å². The summed E-state index contributed by atoms with van der Waals surface area (Å²) in [6.07, 6.45) is 6.12. The highest BCUT2D eigenvalue weighted by Crippen LogP contribution is 2.39. The van der Waals surface area contributed by atoms with Gasteiger partial charge in [0.1, 0.15) is 0 Å². The van der Waals surface area contributed by atoms with E-state index in [9.17, 15) is 19.2 Å². The summed E-state index contributed by atoms with van der Waals surface area (Å²) in [5, 5.41) is 2.91. The van der Waals surface area contributed by atoms with Crippen LogP contribution in [0.1, 0.15) is 23.7 Å². The lowest BCUT2D eigenvalue weighted by atomic mass is 9.92. The summed E-state index contributed by atoms with van der Waals surface area (Å²) in [7, 11) is 2.52. The number of esters is 3. The average Bonchev–Trinajstić information content (AvgIpc) is 3.13. The predicted octanol–water partition coefficient (Wildman–Crippen LogP) is 2.06. The maximum atomic E-state index is 12.8. The predicted molar refractivity (Wildman–Crippen MR) is 112 cm³/mol. The Morgan fingerprint density at radius 3 is 2.10 bits per heavy atom. The van der Waals surface area contributed by atoms with Crippen molar-refractivity contribution in [2.24, 2.45) is 17.8 Å². The number of ether oxygens (including phenoxy) is 3. The van der Waals surface area contributed by atoms with Crippen LogP contribution < -0.4 is 5.32 Å². The van der Waals surface area contributed by atoms with Crippen LogP contribution in [0, 0.1) is 17.8 Å². The Bertz CT molecular complexity index is 847. The molecule has 0 bridgehead atoms. The highest BCUT2D eigenvalue weighted by molar-refractivity contribution is 5.95. The van der Waals surface area contributed by atoms with E-state index in [0.717, 1.165) is 0 Å². The van der Waals surface area contributed by atoms with Gasteiger partial charge in [0, 0.05) is 23.8 Å². The summed E-state index contributed by atoms with van der Waals surface area (Å²) >= 11 is 0. The Morgan fingerprint density at radius 2 is 1.55 bits per heavy atom. The van der Waals surface area contributed by atoms with Gasteiger partial charge >= 0.3 is 17.9 Å². The third kappa shape index (κ3) is 6.53. The topological polar surface area (TPSA) is 108 Å². The minimum atomic E-state index is -0.749. The van der Waals surface area contributed by atoms with Gasteiger partial charge in [-0.25, -0.2) is 9.59 Å². The zero-order chi connectivity index (χ0) is 22.8. The van der Waals surface area contributed by atoms with E-state index >= 15 is 0 Å². The number of carbonyl (C=O) groups is 4. The fraction of sp³-hybridized carbons (Fsp3) is 0.391. The number of amides is 1. The second-order valence-corrected chi connectivity index (χ2v) is 6.97. The Morgan fingerprint density at radius 1 is 0.968 bits per heavy atom. The van der Waals surface area contributed by atoms with Crippen LogP contribution >= 0.6 is 0 Å². The zero-order valence-electron chi connectivity index (χ0n) is 17.8.